The Kier molecular flexibility index (Phi) is 7.01. The summed E-state index contributed by atoms with van der Waals surface area (Å²) in [6.07, 6.45) is 4.41. The number of aryl methyl sites for hydroxylation is 2. The molecule has 0 amide bonds. The Morgan fingerprint density at radius 2 is 1.88 bits per heavy atom. The number of hydrogen-bond acceptors (Lipinski definition) is 4. The molecule has 0 atom stereocenters. The Morgan fingerprint density at radius 1 is 1.12 bits per heavy atom. The normalized spacial score (nSPS) is 15.0. The summed E-state index contributed by atoms with van der Waals surface area (Å²) in [5, 5.41) is 0.816. The number of quaternary nitrogens is 1. The second-order valence-electron chi connectivity index (χ2n) is 8.62. The van der Waals surface area contributed by atoms with Gasteiger partial charge in [-0.15, -0.1) is 0 Å². The number of halogens is 1. The zero-order chi connectivity index (χ0) is 22.7. The van der Waals surface area contributed by atoms with Crippen molar-refractivity contribution in [3.8, 4) is 0 Å². The van der Waals surface area contributed by atoms with Crippen molar-refractivity contribution in [3.63, 3.8) is 0 Å². The van der Waals surface area contributed by atoms with E-state index in [2.05, 4.69) is 22.9 Å². The van der Waals surface area contributed by atoms with Gasteiger partial charge in [0.25, 0.3) is 5.56 Å². The van der Waals surface area contributed by atoms with E-state index in [0.29, 0.717) is 11.2 Å². The van der Waals surface area contributed by atoms with Crippen molar-refractivity contribution in [2.24, 2.45) is 7.05 Å². The van der Waals surface area contributed by atoms with E-state index in [1.165, 1.54) is 21.5 Å². The van der Waals surface area contributed by atoms with Gasteiger partial charge in [-0.1, -0.05) is 56.0 Å². The highest BCUT2D eigenvalue weighted by atomic mass is 35.5. The van der Waals surface area contributed by atoms with Crippen LogP contribution in [0.4, 0.5) is 5.95 Å². The van der Waals surface area contributed by atoms with Crippen molar-refractivity contribution in [1.29, 1.82) is 0 Å². The zero-order valence-electron chi connectivity index (χ0n) is 18.9. The molecule has 0 bridgehead atoms. The summed E-state index contributed by atoms with van der Waals surface area (Å²) in [6, 6.07) is 8.01. The lowest BCUT2D eigenvalue weighted by atomic mass is 10.2. The Hall–Kier alpha value is -2.58. The third-order valence-electron chi connectivity index (χ3n) is 6.37. The highest BCUT2D eigenvalue weighted by molar-refractivity contribution is 6.31. The molecule has 4 rings (SSSR count). The first kappa shape index (κ1) is 22.6. The van der Waals surface area contributed by atoms with Crippen LogP contribution in [0.15, 0.2) is 33.9 Å². The molecule has 172 valence electrons. The Labute approximate surface area is 192 Å². The topological polar surface area (TPSA) is 80.4 Å². The molecule has 0 saturated carbocycles. The SMILES string of the molecule is CCCCCCn1c(N2CC[NH+](Cc3ccccc3Cl)CC2)nc2c1c(=O)[nH]c(=O)n2C. The van der Waals surface area contributed by atoms with Gasteiger partial charge in [0, 0.05) is 24.2 Å². The monoisotopic (exact) mass is 459 g/mol. The number of H-pyrrole nitrogens is 1. The Bertz CT molecular complexity index is 1190. The Balaban J connectivity index is 1.57. The minimum atomic E-state index is -0.432. The summed E-state index contributed by atoms with van der Waals surface area (Å²) < 4.78 is 3.45. The average molecular weight is 460 g/mol. The first-order valence-corrected chi connectivity index (χ1v) is 11.9. The van der Waals surface area contributed by atoms with E-state index in [1.807, 2.05) is 22.8 Å². The first-order chi connectivity index (χ1) is 15.5. The van der Waals surface area contributed by atoms with Gasteiger partial charge in [-0.05, 0) is 12.5 Å². The van der Waals surface area contributed by atoms with E-state index in [1.54, 1.807) is 7.05 Å². The van der Waals surface area contributed by atoms with Crippen LogP contribution in [-0.4, -0.2) is 45.3 Å². The van der Waals surface area contributed by atoms with E-state index in [9.17, 15) is 9.59 Å². The third kappa shape index (κ3) is 4.61. The number of aromatic amines is 1. The quantitative estimate of drug-likeness (QED) is 0.501. The molecule has 1 aromatic carbocycles. The standard InChI is InChI=1S/C23H31ClN6O2/c1-3-4-5-8-11-30-19-20(27(2)23(32)26-21(19)31)25-22(30)29-14-12-28(13-15-29)16-17-9-6-7-10-18(17)24/h6-7,9-10H,3-5,8,11-16H2,1-2H3,(H,26,31,32)/p+1. The highest BCUT2D eigenvalue weighted by Crippen LogP contribution is 2.21. The maximum absolute atomic E-state index is 12.7. The zero-order valence-corrected chi connectivity index (χ0v) is 19.6. The highest BCUT2D eigenvalue weighted by Gasteiger charge is 2.26. The Morgan fingerprint density at radius 3 is 2.59 bits per heavy atom. The minimum absolute atomic E-state index is 0.361. The van der Waals surface area contributed by atoms with Crippen molar-refractivity contribution >= 4 is 28.7 Å². The number of fused-ring (bicyclic) bond motifs is 1. The van der Waals surface area contributed by atoms with Gasteiger partial charge in [0.15, 0.2) is 11.2 Å². The number of nitrogens with zero attached hydrogens (tertiary/aromatic N) is 4. The van der Waals surface area contributed by atoms with E-state index in [-0.39, 0.29) is 5.56 Å². The van der Waals surface area contributed by atoms with Gasteiger partial charge >= 0.3 is 5.69 Å². The van der Waals surface area contributed by atoms with Crippen LogP contribution in [0.1, 0.15) is 38.2 Å². The molecular formula is C23H32ClN6O2+. The van der Waals surface area contributed by atoms with Gasteiger partial charge in [0.2, 0.25) is 5.95 Å². The molecule has 1 fully saturated rings. The number of imidazole rings is 1. The number of benzene rings is 1. The van der Waals surface area contributed by atoms with Gasteiger partial charge in [-0.2, -0.15) is 4.98 Å². The number of rotatable bonds is 8. The maximum Gasteiger partial charge on any atom is 0.329 e. The summed E-state index contributed by atoms with van der Waals surface area (Å²) in [4.78, 5) is 35.7. The molecule has 3 heterocycles. The molecule has 0 aliphatic carbocycles. The van der Waals surface area contributed by atoms with Gasteiger partial charge in [0.05, 0.1) is 26.2 Å². The number of piperazine rings is 1. The van der Waals surface area contributed by atoms with Crippen LogP contribution in [0, 0.1) is 0 Å². The van der Waals surface area contributed by atoms with Crippen molar-refractivity contribution in [2.45, 2.75) is 45.7 Å². The molecule has 32 heavy (non-hydrogen) atoms. The predicted molar refractivity (Wildman–Crippen MR) is 128 cm³/mol. The molecule has 1 aliphatic rings. The lowest BCUT2D eigenvalue weighted by Crippen LogP contribution is -3.13. The van der Waals surface area contributed by atoms with Crippen LogP contribution < -0.4 is 21.0 Å². The van der Waals surface area contributed by atoms with Crippen molar-refractivity contribution in [1.82, 2.24) is 19.1 Å². The van der Waals surface area contributed by atoms with Crippen LogP contribution in [0.3, 0.4) is 0 Å². The number of unbranched alkanes of at least 4 members (excludes halogenated alkanes) is 3. The minimum Gasteiger partial charge on any atom is -0.331 e. The number of hydrogen-bond donors (Lipinski definition) is 2. The molecule has 0 unspecified atom stereocenters. The molecule has 3 aromatic rings. The van der Waals surface area contributed by atoms with Crippen molar-refractivity contribution in [3.05, 3.63) is 55.7 Å². The molecule has 1 saturated heterocycles. The summed E-state index contributed by atoms with van der Waals surface area (Å²) in [5.41, 5.74) is 1.32. The summed E-state index contributed by atoms with van der Waals surface area (Å²) in [5.74, 6) is 0.792. The van der Waals surface area contributed by atoms with Gasteiger partial charge in [-0.25, -0.2) is 4.79 Å². The third-order valence-corrected chi connectivity index (χ3v) is 6.74. The van der Waals surface area contributed by atoms with Gasteiger partial charge < -0.3 is 14.4 Å². The lowest BCUT2D eigenvalue weighted by molar-refractivity contribution is -0.914. The number of aromatic nitrogens is 4. The molecule has 0 radical (unpaired) electrons. The van der Waals surface area contributed by atoms with Crippen LogP contribution in [0.5, 0.6) is 0 Å². The summed E-state index contributed by atoms with van der Waals surface area (Å²) in [7, 11) is 1.66. The molecular weight excluding hydrogens is 428 g/mol. The second-order valence-corrected chi connectivity index (χ2v) is 9.03. The van der Waals surface area contributed by atoms with Crippen LogP contribution >= 0.6 is 11.6 Å². The lowest BCUT2D eigenvalue weighted by Gasteiger charge is -2.33. The van der Waals surface area contributed by atoms with Crippen LogP contribution in [-0.2, 0) is 20.1 Å². The molecule has 2 N–H and O–H groups in total. The average Bonchev–Trinajstić information content (AvgIpc) is 3.17. The summed E-state index contributed by atoms with van der Waals surface area (Å²) >= 11 is 6.35. The van der Waals surface area contributed by atoms with Crippen molar-refractivity contribution in [2.75, 3.05) is 31.1 Å². The molecule has 1 aliphatic heterocycles. The van der Waals surface area contributed by atoms with E-state index in [4.69, 9.17) is 16.6 Å². The fourth-order valence-corrected chi connectivity index (χ4v) is 4.69. The van der Waals surface area contributed by atoms with E-state index in [0.717, 1.165) is 69.5 Å². The van der Waals surface area contributed by atoms with Crippen LogP contribution in [0.25, 0.3) is 11.2 Å². The molecule has 8 nitrogen and oxygen atoms in total. The fraction of sp³-hybridized carbons (Fsp3) is 0.522. The summed E-state index contributed by atoms with van der Waals surface area (Å²) in [6.45, 7) is 7.39. The van der Waals surface area contributed by atoms with Gasteiger partial charge in [0.1, 0.15) is 6.54 Å². The largest absolute Gasteiger partial charge is 0.331 e. The van der Waals surface area contributed by atoms with Crippen molar-refractivity contribution < 1.29 is 4.90 Å². The van der Waals surface area contributed by atoms with Crippen LogP contribution in [0.2, 0.25) is 5.02 Å². The molecule has 9 heteroatoms. The maximum atomic E-state index is 12.7. The predicted octanol–water partition coefficient (Wildman–Crippen LogP) is 1.56. The number of anilines is 1. The molecule has 0 spiro atoms. The smallest absolute Gasteiger partial charge is 0.329 e. The van der Waals surface area contributed by atoms with E-state index >= 15 is 0 Å². The molecule has 2 aromatic heterocycles. The van der Waals surface area contributed by atoms with Gasteiger partial charge in [-0.3, -0.25) is 14.3 Å². The second kappa shape index (κ2) is 9.92. The fourth-order valence-electron chi connectivity index (χ4n) is 4.48. The van der Waals surface area contributed by atoms with E-state index < -0.39 is 5.69 Å². The first-order valence-electron chi connectivity index (χ1n) is 11.5. The number of nitrogens with one attached hydrogen (secondary N) is 2.